The number of phenols is 2. The third-order valence-electron chi connectivity index (χ3n) is 11.0. The zero-order valence-electron chi connectivity index (χ0n) is 38.7. The van der Waals surface area contributed by atoms with Gasteiger partial charge in [0.05, 0.1) is 45.8 Å². The minimum Gasteiger partial charge on any atom is -0.508 e. The maximum Gasteiger partial charge on any atom is 0.354 e. The first-order valence-electron chi connectivity index (χ1n) is 22.1. The normalized spacial score (nSPS) is 13.5. The Bertz CT molecular complexity index is 2950. The van der Waals surface area contributed by atoms with Crippen molar-refractivity contribution < 1.29 is 53.4 Å². The number of aromatic hydroxyl groups is 2. The van der Waals surface area contributed by atoms with Crippen molar-refractivity contribution in [2.24, 2.45) is 0 Å². The minimum absolute atomic E-state index is 0.0662. The van der Waals surface area contributed by atoms with E-state index in [2.05, 4.69) is 15.0 Å². The van der Waals surface area contributed by atoms with Crippen LogP contribution >= 0.6 is 0 Å². The van der Waals surface area contributed by atoms with Gasteiger partial charge < -0.3 is 54.1 Å². The van der Waals surface area contributed by atoms with Crippen LogP contribution in [0.15, 0.2) is 78.9 Å². The van der Waals surface area contributed by atoms with Crippen LogP contribution in [0.2, 0.25) is 0 Å². The number of anilines is 3. The summed E-state index contributed by atoms with van der Waals surface area (Å²) < 4.78 is 35.8. The molecule has 2 saturated heterocycles. The lowest BCUT2D eigenvalue weighted by Crippen LogP contribution is -2.37. The molecule has 19 nitrogen and oxygen atoms in total. The van der Waals surface area contributed by atoms with Crippen LogP contribution in [0.1, 0.15) is 34.8 Å². The first kappa shape index (κ1) is 49.1. The predicted molar refractivity (Wildman–Crippen MR) is 257 cm³/mol. The number of carboxylic acid groups (broad SMARTS) is 2. The van der Waals surface area contributed by atoms with Crippen LogP contribution in [0.25, 0.3) is 55.7 Å². The van der Waals surface area contributed by atoms with Crippen molar-refractivity contribution in [3.05, 3.63) is 96.1 Å². The number of benzene rings is 3. The number of carbonyl (C=O) groups is 2. The molecule has 2 aliphatic heterocycles. The topological polar surface area (TPSA) is 239 Å². The average Bonchev–Trinajstić information content (AvgIpc) is 3.37. The van der Waals surface area contributed by atoms with Crippen molar-refractivity contribution in [2.75, 3.05) is 102 Å². The molecule has 0 saturated carbocycles. The smallest absolute Gasteiger partial charge is 0.354 e. The Hall–Kier alpha value is -7.81. The molecule has 0 unspecified atom stereocenters. The van der Waals surface area contributed by atoms with Crippen LogP contribution in [0.4, 0.5) is 22.0 Å². The third kappa shape index (κ3) is 11.2. The maximum atomic E-state index is 14.2. The second kappa shape index (κ2) is 22.3. The fraction of sp³-hybridized carbons (Fsp3) is 0.306. The van der Waals surface area contributed by atoms with Crippen LogP contribution in [-0.4, -0.2) is 149 Å². The van der Waals surface area contributed by atoms with Gasteiger partial charge in [0.15, 0.2) is 5.69 Å². The molecule has 0 spiro atoms. The van der Waals surface area contributed by atoms with Gasteiger partial charge in [-0.2, -0.15) is 0 Å². The monoisotopic (exact) mass is 945 g/mol. The standard InChI is InChI=1S/C25H22N4O5.C22H24FN5O5.C2H6/c1-33-20-8-3-2-7-17(20)18-14-19(24(31)32)26-23-21(15-5-4-6-16(30)13-15)27-25(28-22(18)23)29-9-11-34-12-10-29;1-27(3-6-32-2)17-12-16(21(30)31)24-20-18(13-9-14(23)11-15(29)10-13)25-22(26-19(17)20)28-4-7-33-8-5-28;1-2/h2-8,13-14,30H,9-12H2,1H3,(H,31,32);9-12,29H,3-8H2,1-2H3,(H,30,31);1-2H3. The summed E-state index contributed by atoms with van der Waals surface area (Å²) in [5.74, 6) is -1.81. The Morgan fingerprint density at radius 1 is 0.652 bits per heavy atom. The maximum absolute atomic E-state index is 14.2. The molecule has 2 aliphatic rings. The summed E-state index contributed by atoms with van der Waals surface area (Å²) in [6.45, 7) is 9.38. The number of likely N-dealkylation sites (N-methyl/N-ethyl adjacent to an activating group) is 1. The molecule has 3 aromatic carbocycles. The Labute approximate surface area is 396 Å². The first-order valence-corrected chi connectivity index (χ1v) is 22.1. The van der Waals surface area contributed by atoms with Crippen LogP contribution in [-0.2, 0) is 14.2 Å². The van der Waals surface area contributed by atoms with E-state index < -0.39 is 17.8 Å². The number of carboxylic acids is 2. The summed E-state index contributed by atoms with van der Waals surface area (Å²) in [7, 11) is 4.94. The number of hydrogen-bond donors (Lipinski definition) is 4. The van der Waals surface area contributed by atoms with E-state index in [0.717, 1.165) is 6.07 Å². The van der Waals surface area contributed by atoms with E-state index in [-0.39, 0.29) is 39.7 Å². The van der Waals surface area contributed by atoms with Crippen molar-refractivity contribution in [3.63, 3.8) is 0 Å². The number of hydrogen-bond acceptors (Lipinski definition) is 17. The highest BCUT2D eigenvalue weighted by Crippen LogP contribution is 2.39. The molecule has 360 valence electrons. The number of rotatable bonds is 12. The molecule has 4 aromatic heterocycles. The number of phenolic OH excluding ortho intramolecular Hbond substituents is 2. The van der Waals surface area contributed by atoms with Crippen LogP contribution in [0.5, 0.6) is 17.2 Å². The molecule has 4 N–H and O–H groups in total. The summed E-state index contributed by atoms with van der Waals surface area (Å²) >= 11 is 0. The number of nitrogens with zero attached hydrogens (tertiary/aromatic N) is 9. The largest absolute Gasteiger partial charge is 0.508 e. The summed E-state index contributed by atoms with van der Waals surface area (Å²) in [6, 6.07) is 20.5. The molecule has 0 amide bonds. The number of ether oxygens (including phenoxy) is 4. The molecule has 2 fully saturated rings. The zero-order valence-corrected chi connectivity index (χ0v) is 38.7. The number of fused-ring (bicyclic) bond motifs is 2. The van der Waals surface area contributed by atoms with E-state index in [1.54, 1.807) is 45.5 Å². The molecule has 0 radical (unpaired) electrons. The van der Waals surface area contributed by atoms with E-state index in [4.69, 9.17) is 33.9 Å². The fourth-order valence-electron chi connectivity index (χ4n) is 7.68. The second-order valence-corrected chi connectivity index (χ2v) is 15.4. The third-order valence-corrected chi connectivity index (χ3v) is 11.0. The van der Waals surface area contributed by atoms with Crippen molar-refractivity contribution in [1.29, 1.82) is 0 Å². The van der Waals surface area contributed by atoms with Gasteiger partial charge in [-0.05, 0) is 42.5 Å². The Morgan fingerprint density at radius 2 is 1.22 bits per heavy atom. The number of methoxy groups -OCH3 is 2. The number of para-hydroxylation sites is 1. The van der Waals surface area contributed by atoms with Gasteiger partial charge >= 0.3 is 11.9 Å². The average molecular weight is 946 g/mol. The Kier molecular flexibility index (Phi) is 15.9. The van der Waals surface area contributed by atoms with Gasteiger partial charge in [-0.3, -0.25) is 0 Å². The van der Waals surface area contributed by atoms with Gasteiger partial charge in [0.2, 0.25) is 11.9 Å². The SMILES string of the molecule is CC.COCCN(C)c1cc(C(=O)O)nc2c(-c3cc(O)cc(F)c3)nc(N3CCOCC3)nc12.COc1ccccc1-c1cc(C(=O)O)nc2c(-c3cccc(O)c3)nc(N3CCOCC3)nc12. The number of pyridine rings is 2. The van der Waals surface area contributed by atoms with Gasteiger partial charge in [-0.1, -0.05) is 44.2 Å². The van der Waals surface area contributed by atoms with E-state index in [1.807, 2.05) is 52.8 Å². The van der Waals surface area contributed by atoms with Gasteiger partial charge in [0.25, 0.3) is 0 Å². The van der Waals surface area contributed by atoms with Crippen LogP contribution < -0.4 is 19.4 Å². The number of aromatic carboxylic acids is 2. The molecule has 0 atom stereocenters. The van der Waals surface area contributed by atoms with Gasteiger partial charge in [-0.15, -0.1) is 0 Å². The van der Waals surface area contributed by atoms with Crippen molar-refractivity contribution in [1.82, 2.24) is 29.9 Å². The van der Waals surface area contributed by atoms with E-state index >= 15 is 0 Å². The predicted octanol–water partition coefficient (Wildman–Crippen LogP) is 6.79. The summed E-state index contributed by atoms with van der Waals surface area (Å²) in [5, 5.41) is 39.6. The Balaban J connectivity index is 0.000000197. The molecule has 69 heavy (non-hydrogen) atoms. The molecular formula is C49H52FN9O10. The number of aromatic nitrogens is 6. The van der Waals surface area contributed by atoms with E-state index in [9.17, 15) is 34.4 Å². The molecule has 0 bridgehead atoms. The van der Waals surface area contributed by atoms with Crippen molar-refractivity contribution >= 4 is 51.6 Å². The molecular weight excluding hydrogens is 894 g/mol. The molecule has 9 rings (SSSR count). The highest BCUT2D eigenvalue weighted by molar-refractivity contribution is 6.04. The quantitative estimate of drug-likeness (QED) is 0.0986. The summed E-state index contributed by atoms with van der Waals surface area (Å²) in [4.78, 5) is 57.3. The van der Waals surface area contributed by atoms with Gasteiger partial charge in [0.1, 0.15) is 62.2 Å². The van der Waals surface area contributed by atoms with Gasteiger partial charge in [-0.25, -0.2) is 43.9 Å². The lowest BCUT2D eigenvalue weighted by atomic mass is 10.0. The highest BCUT2D eigenvalue weighted by Gasteiger charge is 2.26. The molecule has 7 aromatic rings. The van der Waals surface area contributed by atoms with E-state index in [1.165, 1.54) is 24.3 Å². The lowest BCUT2D eigenvalue weighted by molar-refractivity contribution is 0.0680. The molecule has 0 aliphatic carbocycles. The fourth-order valence-corrected chi connectivity index (χ4v) is 7.68. The number of morpholine rings is 2. The second-order valence-electron chi connectivity index (χ2n) is 15.4. The Morgan fingerprint density at radius 3 is 1.80 bits per heavy atom. The summed E-state index contributed by atoms with van der Waals surface area (Å²) in [5.41, 5.74) is 4.36. The van der Waals surface area contributed by atoms with Crippen LogP contribution in [0, 0.1) is 5.82 Å². The lowest BCUT2D eigenvalue weighted by Gasteiger charge is -2.28. The van der Waals surface area contributed by atoms with E-state index in [0.29, 0.717) is 128 Å². The molecule has 6 heterocycles. The zero-order chi connectivity index (χ0) is 49.2. The van der Waals surface area contributed by atoms with Gasteiger partial charge in [0, 0.05) is 75.2 Å². The summed E-state index contributed by atoms with van der Waals surface area (Å²) in [6.07, 6.45) is 0. The minimum atomic E-state index is -1.22. The number of halogens is 1. The first-order chi connectivity index (χ1) is 33.4. The van der Waals surface area contributed by atoms with Crippen molar-refractivity contribution in [3.8, 4) is 50.9 Å². The highest BCUT2D eigenvalue weighted by atomic mass is 19.1. The molecule has 20 heteroatoms. The van der Waals surface area contributed by atoms with Crippen molar-refractivity contribution in [2.45, 2.75) is 13.8 Å². The van der Waals surface area contributed by atoms with Crippen LogP contribution in [0.3, 0.4) is 0 Å².